The molecular weight excluding hydrogens is 381 g/mol. The van der Waals surface area contributed by atoms with Crippen LogP contribution in [0.3, 0.4) is 0 Å². The standard InChI is InChI=1S/C16H20INO3/c1-11(9-15(19)20)13-3-2-8-18(10-13)16(21)12-4-6-14(17)7-5-12/h4-7,11,13H,2-3,8-10H2,1H3,(H,19,20). The first kappa shape index (κ1) is 16.3. The molecular formula is C16H20INO3. The van der Waals surface area contributed by atoms with E-state index in [1.807, 2.05) is 36.1 Å². The largest absolute Gasteiger partial charge is 0.481 e. The monoisotopic (exact) mass is 401 g/mol. The van der Waals surface area contributed by atoms with E-state index < -0.39 is 5.97 Å². The Kier molecular flexibility index (Phi) is 5.61. The summed E-state index contributed by atoms with van der Waals surface area (Å²) in [5.74, 6) is -0.320. The highest BCUT2D eigenvalue weighted by Gasteiger charge is 2.28. The van der Waals surface area contributed by atoms with Gasteiger partial charge in [-0.3, -0.25) is 9.59 Å². The fourth-order valence-electron chi connectivity index (χ4n) is 2.88. The van der Waals surface area contributed by atoms with Gasteiger partial charge in [0, 0.05) is 28.6 Å². The molecule has 1 aromatic carbocycles. The lowest BCUT2D eigenvalue weighted by atomic mass is 9.84. The quantitative estimate of drug-likeness (QED) is 0.789. The van der Waals surface area contributed by atoms with Gasteiger partial charge in [-0.15, -0.1) is 0 Å². The maximum Gasteiger partial charge on any atom is 0.303 e. The molecule has 2 unspecified atom stereocenters. The van der Waals surface area contributed by atoms with E-state index in [2.05, 4.69) is 22.6 Å². The highest BCUT2D eigenvalue weighted by Crippen LogP contribution is 2.27. The van der Waals surface area contributed by atoms with Gasteiger partial charge in [-0.1, -0.05) is 6.92 Å². The molecule has 2 atom stereocenters. The minimum absolute atomic E-state index is 0.0543. The van der Waals surface area contributed by atoms with Gasteiger partial charge in [0.25, 0.3) is 5.91 Å². The van der Waals surface area contributed by atoms with Gasteiger partial charge in [0.1, 0.15) is 0 Å². The van der Waals surface area contributed by atoms with Gasteiger partial charge in [0.15, 0.2) is 0 Å². The number of nitrogens with zero attached hydrogens (tertiary/aromatic N) is 1. The third-order valence-corrected chi connectivity index (χ3v) is 4.86. The molecule has 0 aliphatic carbocycles. The SMILES string of the molecule is CC(CC(=O)O)C1CCCN(C(=O)c2ccc(I)cc2)C1. The highest BCUT2D eigenvalue weighted by atomic mass is 127. The van der Waals surface area contributed by atoms with E-state index in [4.69, 9.17) is 5.11 Å². The van der Waals surface area contributed by atoms with Gasteiger partial charge in [0.2, 0.25) is 0 Å². The summed E-state index contributed by atoms with van der Waals surface area (Å²) in [5, 5.41) is 8.91. The molecule has 5 heteroatoms. The van der Waals surface area contributed by atoms with Crippen LogP contribution >= 0.6 is 22.6 Å². The van der Waals surface area contributed by atoms with Crippen molar-refractivity contribution in [3.63, 3.8) is 0 Å². The number of amides is 1. The van der Waals surface area contributed by atoms with Crippen molar-refractivity contribution >= 4 is 34.5 Å². The third-order valence-electron chi connectivity index (χ3n) is 4.14. The normalized spacial score (nSPS) is 20.1. The zero-order valence-electron chi connectivity index (χ0n) is 12.1. The lowest BCUT2D eigenvalue weighted by Gasteiger charge is -2.35. The second-order valence-electron chi connectivity index (χ2n) is 5.74. The van der Waals surface area contributed by atoms with Crippen LogP contribution in [0.1, 0.15) is 36.5 Å². The van der Waals surface area contributed by atoms with Crippen molar-refractivity contribution in [2.75, 3.05) is 13.1 Å². The van der Waals surface area contributed by atoms with E-state index in [1.54, 1.807) is 0 Å². The Bertz CT molecular complexity index is 515. The smallest absolute Gasteiger partial charge is 0.303 e. The number of carboxylic acid groups (broad SMARTS) is 1. The number of benzene rings is 1. The van der Waals surface area contributed by atoms with Crippen LogP contribution in [0.4, 0.5) is 0 Å². The summed E-state index contributed by atoms with van der Waals surface area (Å²) >= 11 is 2.22. The van der Waals surface area contributed by atoms with E-state index in [9.17, 15) is 9.59 Å². The molecule has 0 bridgehead atoms. The lowest BCUT2D eigenvalue weighted by molar-refractivity contribution is -0.138. The van der Waals surface area contributed by atoms with Crippen molar-refractivity contribution in [1.82, 2.24) is 4.90 Å². The van der Waals surface area contributed by atoms with Crippen molar-refractivity contribution in [2.24, 2.45) is 11.8 Å². The number of carbonyl (C=O) groups is 2. The van der Waals surface area contributed by atoms with Crippen LogP contribution in [-0.2, 0) is 4.79 Å². The summed E-state index contributed by atoms with van der Waals surface area (Å²) in [7, 11) is 0. The Labute approximate surface area is 138 Å². The Morgan fingerprint density at radius 1 is 1.38 bits per heavy atom. The maximum atomic E-state index is 12.5. The van der Waals surface area contributed by atoms with Gasteiger partial charge in [-0.2, -0.15) is 0 Å². The van der Waals surface area contributed by atoms with Crippen molar-refractivity contribution < 1.29 is 14.7 Å². The summed E-state index contributed by atoms with van der Waals surface area (Å²) in [5.41, 5.74) is 0.710. The van der Waals surface area contributed by atoms with Gasteiger partial charge < -0.3 is 10.0 Å². The minimum atomic E-state index is -0.761. The molecule has 1 fully saturated rings. The van der Waals surface area contributed by atoms with Crippen LogP contribution in [-0.4, -0.2) is 35.0 Å². The number of halogens is 1. The number of carbonyl (C=O) groups excluding carboxylic acids is 1. The van der Waals surface area contributed by atoms with Crippen LogP contribution in [0.2, 0.25) is 0 Å². The minimum Gasteiger partial charge on any atom is -0.481 e. The molecule has 0 radical (unpaired) electrons. The number of hydrogen-bond acceptors (Lipinski definition) is 2. The summed E-state index contributed by atoms with van der Waals surface area (Å²) in [6.45, 7) is 3.40. The number of hydrogen-bond donors (Lipinski definition) is 1. The summed E-state index contributed by atoms with van der Waals surface area (Å²) in [6, 6.07) is 7.58. The van der Waals surface area contributed by atoms with Crippen molar-refractivity contribution in [3.8, 4) is 0 Å². The molecule has 1 saturated heterocycles. The van der Waals surface area contributed by atoms with Gasteiger partial charge in [-0.25, -0.2) is 0 Å². The number of likely N-dealkylation sites (tertiary alicyclic amines) is 1. The molecule has 0 saturated carbocycles. The third kappa shape index (κ3) is 4.43. The molecule has 0 spiro atoms. The fraction of sp³-hybridized carbons (Fsp3) is 0.500. The van der Waals surface area contributed by atoms with Crippen LogP contribution < -0.4 is 0 Å². The number of rotatable bonds is 4. The Balaban J connectivity index is 2.01. The van der Waals surface area contributed by atoms with Crippen molar-refractivity contribution in [3.05, 3.63) is 33.4 Å². The maximum absolute atomic E-state index is 12.5. The molecule has 1 aliphatic heterocycles. The zero-order chi connectivity index (χ0) is 15.4. The molecule has 1 amide bonds. The van der Waals surface area contributed by atoms with Gasteiger partial charge >= 0.3 is 5.97 Å². The molecule has 0 aromatic heterocycles. The number of aliphatic carboxylic acids is 1. The van der Waals surface area contributed by atoms with E-state index in [0.717, 1.165) is 23.0 Å². The molecule has 21 heavy (non-hydrogen) atoms. The topological polar surface area (TPSA) is 57.6 Å². The number of piperidine rings is 1. The molecule has 114 valence electrons. The van der Waals surface area contributed by atoms with E-state index >= 15 is 0 Å². The first-order valence-corrected chi connectivity index (χ1v) is 8.32. The predicted molar refractivity (Wildman–Crippen MR) is 89.2 cm³/mol. The summed E-state index contributed by atoms with van der Waals surface area (Å²) < 4.78 is 1.11. The second kappa shape index (κ2) is 7.24. The van der Waals surface area contributed by atoms with Crippen LogP contribution in [0.25, 0.3) is 0 Å². The average molecular weight is 401 g/mol. The highest BCUT2D eigenvalue weighted by molar-refractivity contribution is 14.1. The Morgan fingerprint density at radius 3 is 2.67 bits per heavy atom. The average Bonchev–Trinajstić information content (AvgIpc) is 2.47. The van der Waals surface area contributed by atoms with Gasteiger partial charge in [0.05, 0.1) is 0 Å². The lowest BCUT2D eigenvalue weighted by Crippen LogP contribution is -2.42. The Hall–Kier alpha value is -1.11. The molecule has 1 aromatic rings. The van der Waals surface area contributed by atoms with Crippen molar-refractivity contribution in [1.29, 1.82) is 0 Å². The zero-order valence-corrected chi connectivity index (χ0v) is 14.2. The first-order chi connectivity index (χ1) is 9.97. The van der Waals surface area contributed by atoms with E-state index in [0.29, 0.717) is 12.1 Å². The second-order valence-corrected chi connectivity index (χ2v) is 6.98. The Morgan fingerprint density at radius 2 is 2.05 bits per heavy atom. The molecule has 1 aliphatic rings. The summed E-state index contributed by atoms with van der Waals surface area (Å²) in [4.78, 5) is 25.2. The predicted octanol–water partition coefficient (Wildman–Crippen LogP) is 3.25. The van der Waals surface area contributed by atoms with E-state index in [1.165, 1.54) is 0 Å². The summed E-state index contributed by atoms with van der Waals surface area (Å²) in [6.07, 6.45) is 2.13. The molecule has 1 heterocycles. The fourth-order valence-corrected chi connectivity index (χ4v) is 3.24. The van der Waals surface area contributed by atoms with Crippen molar-refractivity contribution in [2.45, 2.75) is 26.2 Å². The first-order valence-electron chi connectivity index (χ1n) is 7.24. The molecule has 2 rings (SSSR count). The molecule has 4 nitrogen and oxygen atoms in total. The number of carboxylic acids is 1. The van der Waals surface area contributed by atoms with Gasteiger partial charge in [-0.05, 0) is 71.5 Å². The van der Waals surface area contributed by atoms with Crippen LogP contribution in [0.5, 0.6) is 0 Å². The van der Waals surface area contributed by atoms with Crippen LogP contribution in [0.15, 0.2) is 24.3 Å². The molecule has 1 N–H and O–H groups in total. The van der Waals surface area contributed by atoms with Crippen LogP contribution in [0, 0.1) is 15.4 Å². The van der Waals surface area contributed by atoms with E-state index in [-0.39, 0.29) is 24.2 Å².